The monoisotopic (exact) mass is 233 g/mol. The Kier molecular flexibility index (Phi) is 2.84. The maximum absolute atomic E-state index is 12.3. The number of hydrogen-bond acceptors (Lipinski definition) is 3. The van der Waals surface area contributed by atoms with Crippen LogP contribution >= 0.6 is 0 Å². The van der Waals surface area contributed by atoms with E-state index in [-0.39, 0.29) is 18.3 Å². The molecule has 1 fully saturated rings. The highest BCUT2D eigenvalue weighted by molar-refractivity contribution is 5.97. The van der Waals surface area contributed by atoms with E-state index in [0.717, 1.165) is 5.56 Å². The maximum atomic E-state index is 12.3. The molecule has 1 unspecified atom stereocenters. The number of aliphatic hydroxyl groups excluding tert-OH is 1. The van der Waals surface area contributed by atoms with Gasteiger partial charge in [0.15, 0.2) is 5.78 Å². The van der Waals surface area contributed by atoms with Crippen molar-refractivity contribution in [2.75, 3.05) is 6.61 Å². The van der Waals surface area contributed by atoms with E-state index in [4.69, 9.17) is 5.73 Å². The van der Waals surface area contributed by atoms with Gasteiger partial charge in [0.05, 0.1) is 12.1 Å². The first-order valence-corrected chi connectivity index (χ1v) is 5.91. The zero-order valence-corrected chi connectivity index (χ0v) is 10.3. The molecular formula is C14H19NO2. The van der Waals surface area contributed by atoms with Gasteiger partial charge in [-0.2, -0.15) is 0 Å². The van der Waals surface area contributed by atoms with E-state index in [2.05, 4.69) is 0 Å². The molecule has 0 amide bonds. The van der Waals surface area contributed by atoms with Crippen LogP contribution < -0.4 is 5.73 Å². The molecule has 0 saturated heterocycles. The lowest BCUT2D eigenvalue weighted by atomic mass is 9.82. The van der Waals surface area contributed by atoms with Crippen molar-refractivity contribution in [3.05, 3.63) is 35.9 Å². The van der Waals surface area contributed by atoms with Crippen molar-refractivity contribution in [2.24, 2.45) is 11.1 Å². The van der Waals surface area contributed by atoms with Crippen LogP contribution in [0.5, 0.6) is 0 Å². The van der Waals surface area contributed by atoms with Gasteiger partial charge in [-0.3, -0.25) is 4.79 Å². The number of carbonyl (C=O) groups is 1. The third-order valence-electron chi connectivity index (χ3n) is 3.64. The fraction of sp³-hybridized carbons (Fsp3) is 0.500. The van der Waals surface area contributed by atoms with Crippen molar-refractivity contribution < 1.29 is 9.90 Å². The molecule has 1 saturated carbocycles. The van der Waals surface area contributed by atoms with Crippen LogP contribution in [-0.2, 0) is 4.79 Å². The molecule has 2 atom stereocenters. The normalized spacial score (nSPS) is 27.9. The highest BCUT2D eigenvalue weighted by atomic mass is 16.3. The zero-order valence-electron chi connectivity index (χ0n) is 10.3. The standard InChI is InChI=1S/C14H19NO2/c1-13(2,9-16)12(17)14(15)8-11(14)10-6-4-3-5-7-10/h3-7,11,16H,8-9,15H2,1-2H3/t11-,14?/m0/s1. The van der Waals surface area contributed by atoms with Gasteiger partial charge in [0, 0.05) is 11.3 Å². The number of benzene rings is 1. The molecule has 3 N–H and O–H groups in total. The number of carbonyl (C=O) groups excluding carboxylic acids is 1. The summed E-state index contributed by atoms with van der Waals surface area (Å²) in [7, 11) is 0. The smallest absolute Gasteiger partial charge is 0.161 e. The quantitative estimate of drug-likeness (QED) is 0.827. The van der Waals surface area contributed by atoms with Gasteiger partial charge >= 0.3 is 0 Å². The van der Waals surface area contributed by atoms with Crippen molar-refractivity contribution in [3.8, 4) is 0 Å². The van der Waals surface area contributed by atoms with E-state index in [1.165, 1.54) is 0 Å². The van der Waals surface area contributed by atoms with E-state index in [9.17, 15) is 9.90 Å². The fourth-order valence-electron chi connectivity index (χ4n) is 2.33. The van der Waals surface area contributed by atoms with E-state index in [1.807, 2.05) is 30.3 Å². The van der Waals surface area contributed by atoms with Gasteiger partial charge in [0.25, 0.3) is 0 Å². The summed E-state index contributed by atoms with van der Waals surface area (Å²) in [6.45, 7) is 3.32. The van der Waals surface area contributed by atoms with E-state index in [0.29, 0.717) is 6.42 Å². The number of ketones is 1. The topological polar surface area (TPSA) is 63.3 Å². The van der Waals surface area contributed by atoms with Crippen LogP contribution in [0.4, 0.5) is 0 Å². The summed E-state index contributed by atoms with van der Waals surface area (Å²) in [4.78, 5) is 12.3. The lowest BCUT2D eigenvalue weighted by Gasteiger charge is -2.24. The third kappa shape index (κ3) is 2.01. The first kappa shape index (κ1) is 12.3. The van der Waals surface area contributed by atoms with Gasteiger partial charge in [-0.1, -0.05) is 44.2 Å². The van der Waals surface area contributed by atoms with Crippen LogP contribution in [0.2, 0.25) is 0 Å². The summed E-state index contributed by atoms with van der Waals surface area (Å²) in [5, 5.41) is 9.24. The number of Topliss-reactive ketones (excluding diaryl/α,β-unsaturated/α-hetero) is 1. The molecule has 0 radical (unpaired) electrons. The van der Waals surface area contributed by atoms with Gasteiger partial charge in [-0.05, 0) is 12.0 Å². The molecule has 0 aromatic heterocycles. The predicted molar refractivity (Wildman–Crippen MR) is 66.6 cm³/mol. The van der Waals surface area contributed by atoms with E-state index < -0.39 is 11.0 Å². The van der Waals surface area contributed by atoms with Crippen molar-refractivity contribution >= 4 is 5.78 Å². The minimum absolute atomic E-state index is 0.0404. The average Bonchev–Trinajstić information content (AvgIpc) is 3.03. The first-order valence-electron chi connectivity index (χ1n) is 5.91. The Balaban J connectivity index is 2.18. The van der Waals surface area contributed by atoms with Crippen LogP contribution in [-0.4, -0.2) is 23.0 Å². The van der Waals surface area contributed by atoms with Crippen LogP contribution in [0, 0.1) is 5.41 Å². The van der Waals surface area contributed by atoms with Crippen molar-refractivity contribution in [1.29, 1.82) is 0 Å². The molecule has 1 aliphatic carbocycles. The summed E-state index contributed by atoms with van der Waals surface area (Å²) in [6.07, 6.45) is 0.680. The summed E-state index contributed by atoms with van der Waals surface area (Å²) in [6, 6.07) is 9.85. The van der Waals surface area contributed by atoms with Gasteiger partial charge in [-0.25, -0.2) is 0 Å². The number of aliphatic hydroxyl groups is 1. The Labute approximate surface area is 102 Å². The van der Waals surface area contributed by atoms with E-state index >= 15 is 0 Å². The zero-order chi connectivity index (χ0) is 12.7. The third-order valence-corrected chi connectivity index (χ3v) is 3.64. The molecule has 0 heterocycles. The molecule has 92 valence electrons. The molecule has 1 aliphatic rings. The fourth-order valence-corrected chi connectivity index (χ4v) is 2.33. The second-order valence-corrected chi connectivity index (χ2v) is 5.58. The summed E-state index contributed by atoms with van der Waals surface area (Å²) >= 11 is 0. The summed E-state index contributed by atoms with van der Waals surface area (Å²) < 4.78 is 0. The molecule has 2 rings (SSSR count). The second-order valence-electron chi connectivity index (χ2n) is 5.58. The van der Waals surface area contributed by atoms with Gasteiger partial charge < -0.3 is 10.8 Å². The van der Waals surface area contributed by atoms with Crippen LogP contribution in [0.25, 0.3) is 0 Å². The molecule has 0 spiro atoms. The molecular weight excluding hydrogens is 214 g/mol. The van der Waals surface area contributed by atoms with Crippen LogP contribution in [0.3, 0.4) is 0 Å². The number of hydrogen-bond donors (Lipinski definition) is 2. The molecule has 1 aromatic rings. The highest BCUT2D eigenvalue weighted by Crippen LogP contribution is 2.52. The Morgan fingerprint density at radius 3 is 2.59 bits per heavy atom. The Morgan fingerprint density at radius 1 is 1.47 bits per heavy atom. The lowest BCUT2D eigenvalue weighted by molar-refractivity contribution is -0.131. The molecule has 0 aliphatic heterocycles. The molecule has 17 heavy (non-hydrogen) atoms. The van der Waals surface area contributed by atoms with Crippen LogP contribution in [0.15, 0.2) is 30.3 Å². The molecule has 0 bridgehead atoms. The van der Waals surface area contributed by atoms with Crippen LogP contribution in [0.1, 0.15) is 31.7 Å². The minimum atomic E-state index is -0.784. The van der Waals surface area contributed by atoms with Gasteiger partial charge in [0.2, 0.25) is 0 Å². The summed E-state index contributed by atoms with van der Waals surface area (Å²) in [5.74, 6) is 0.0587. The second kappa shape index (κ2) is 3.93. The Morgan fingerprint density at radius 2 is 2.06 bits per heavy atom. The van der Waals surface area contributed by atoms with E-state index in [1.54, 1.807) is 13.8 Å². The van der Waals surface area contributed by atoms with Crippen molar-refractivity contribution in [1.82, 2.24) is 0 Å². The number of nitrogens with two attached hydrogens (primary N) is 1. The maximum Gasteiger partial charge on any atom is 0.161 e. The SMILES string of the molecule is CC(C)(CO)C(=O)C1(N)C[C@H]1c1ccccc1. The Hall–Kier alpha value is -1.19. The highest BCUT2D eigenvalue weighted by Gasteiger charge is 2.60. The Bertz CT molecular complexity index is 427. The lowest BCUT2D eigenvalue weighted by Crippen LogP contribution is -2.45. The predicted octanol–water partition coefficient (Wildman–Crippen LogP) is 1.46. The molecule has 3 heteroatoms. The molecule has 3 nitrogen and oxygen atoms in total. The molecule has 1 aromatic carbocycles. The summed E-state index contributed by atoms with van der Waals surface area (Å²) in [5.41, 5.74) is 5.74. The number of rotatable bonds is 4. The van der Waals surface area contributed by atoms with Gasteiger partial charge in [-0.15, -0.1) is 0 Å². The first-order chi connectivity index (χ1) is 7.92. The van der Waals surface area contributed by atoms with Crippen molar-refractivity contribution in [2.45, 2.75) is 31.7 Å². The largest absolute Gasteiger partial charge is 0.395 e. The average molecular weight is 233 g/mol. The minimum Gasteiger partial charge on any atom is -0.395 e. The van der Waals surface area contributed by atoms with Crippen molar-refractivity contribution in [3.63, 3.8) is 0 Å². The van der Waals surface area contributed by atoms with Gasteiger partial charge in [0.1, 0.15) is 0 Å².